The van der Waals surface area contributed by atoms with Gasteiger partial charge in [0, 0.05) is 24.7 Å². The maximum atomic E-state index is 11.9. The SMILES string of the molecule is N#CCC[C@]1(c2ccccc2)CC(=O)CC[C@@H]1C#N. The highest BCUT2D eigenvalue weighted by Gasteiger charge is 2.44. The van der Waals surface area contributed by atoms with Gasteiger partial charge in [-0.3, -0.25) is 4.79 Å². The number of hydrogen-bond acceptors (Lipinski definition) is 3. The van der Waals surface area contributed by atoms with E-state index in [4.69, 9.17) is 5.26 Å². The van der Waals surface area contributed by atoms with Crippen molar-refractivity contribution in [3.05, 3.63) is 35.9 Å². The summed E-state index contributed by atoms with van der Waals surface area (Å²) in [4.78, 5) is 11.9. The zero-order chi connectivity index (χ0) is 13.7. The van der Waals surface area contributed by atoms with Gasteiger partial charge in [0.2, 0.25) is 0 Å². The van der Waals surface area contributed by atoms with Crippen molar-refractivity contribution in [2.24, 2.45) is 5.92 Å². The van der Waals surface area contributed by atoms with Crippen LogP contribution in [0.25, 0.3) is 0 Å². The zero-order valence-corrected chi connectivity index (χ0v) is 10.8. The Kier molecular flexibility index (Phi) is 3.97. The molecule has 3 nitrogen and oxygen atoms in total. The molecule has 1 fully saturated rings. The maximum Gasteiger partial charge on any atom is 0.133 e. The van der Waals surface area contributed by atoms with Crippen molar-refractivity contribution in [2.75, 3.05) is 0 Å². The minimum atomic E-state index is -0.471. The minimum Gasteiger partial charge on any atom is -0.300 e. The highest BCUT2D eigenvalue weighted by molar-refractivity contribution is 5.81. The second-order valence-electron chi connectivity index (χ2n) is 5.12. The molecule has 0 heterocycles. The number of nitrogens with zero attached hydrogens (tertiary/aromatic N) is 2. The van der Waals surface area contributed by atoms with Gasteiger partial charge in [0.15, 0.2) is 0 Å². The molecule has 0 spiro atoms. The average Bonchev–Trinajstić information content (AvgIpc) is 2.46. The van der Waals surface area contributed by atoms with Crippen LogP contribution in [0.5, 0.6) is 0 Å². The predicted octanol–water partition coefficient (Wildman–Crippen LogP) is 3.12. The monoisotopic (exact) mass is 252 g/mol. The van der Waals surface area contributed by atoms with Crippen molar-refractivity contribution in [3.8, 4) is 12.1 Å². The van der Waals surface area contributed by atoms with Crippen LogP contribution >= 0.6 is 0 Å². The van der Waals surface area contributed by atoms with Crippen molar-refractivity contribution in [1.29, 1.82) is 10.5 Å². The zero-order valence-electron chi connectivity index (χ0n) is 10.8. The fourth-order valence-electron chi connectivity index (χ4n) is 3.09. The van der Waals surface area contributed by atoms with Gasteiger partial charge in [-0.25, -0.2) is 0 Å². The van der Waals surface area contributed by atoms with E-state index in [0.717, 1.165) is 5.56 Å². The molecular weight excluding hydrogens is 236 g/mol. The minimum absolute atomic E-state index is 0.180. The van der Waals surface area contributed by atoms with Crippen LogP contribution in [0, 0.1) is 28.6 Å². The molecule has 2 rings (SSSR count). The molecule has 19 heavy (non-hydrogen) atoms. The average molecular weight is 252 g/mol. The van der Waals surface area contributed by atoms with Crippen molar-refractivity contribution < 1.29 is 4.79 Å². The lowest BCUT2D eigenvalue weighted by Crippen LogP contribution is -2.40. The molecule has 1 aliphatic rings. The summed E-state index contributed by atoms with van der Waals surface area (Å²) in [6.45, 7) is 0. The largest absolute Gasteiger partial charge is 0.300 e. The predicted molar refractivity (Wildman–Crippen MR) is 70.9 cm³/mol. The lowest BCUT2D eigenvalue weighted by atomic mass is 9.60. The van der Waals surface area contributed by atoms with Crippen molar-refractivity contribution in [2.45, 2.75) is 37.5 Å². The van der Waals surface area contributed by atoms with Gasteiger partial charge in [-0.1, -0.05) is 30.3 Å². The number of hydrogen-bond donors (Lipinski definition) is 0. The molecule has 3 heteroatoms. The van der Waals surface area contributed by atoms with Gasteiger partial charge in [0.05, 0.1) is 18.1 Å². The summed E-state index contributed by atoms with van der Waals surface area (Å²) >= 11 is 0. The third kappa shape index (κ3) is 2.51. The number of benzene rings is 1. The molecule has 1 aromatic carbocycles. The summed E-state index contributed by atoms with van der Waals surface area (Å²) in [5.41, 5.74) is 0.547. The van der Waals surface area contributed by atoms with Gasteiger partial charge in [-0.15, -0.1) is 0 Å². The Bertz CT molecular complexity index is 538. The van der Waals surface area contributed by atoms with Gasteiger partial charge in [0.1, 0.15) is 5.78 Å². The molecule has 0 amide bonds. The summed E-state index contributed by atoms with van der Waals surface area (Å²) in [6, 6.07) is 14.2. The van der Waals surface area contributed by atoms with E-state index in [-0.39, 0.29) is 11.7 Å². The van der Waals surface area contributed by atoms with Crippen LogP contribution in [0.4, 0.5) is 0 Å². The second-order valence-corrected chi connectivity index (χ2v) is 5.12. The topological polar surface area (TPSA) is 64.7 Å². The van der Waals surface area contributed by atoms with Crippen molar-refractivity contribution in [1.82, 2.24) is 0 Å². The van der Waals surface area contributed by atoms with Crippen molar-refractivity contribution >= 4 is 5.78 Å². The fourth-order valence-corrected chi connectivity index (χ4v) is 3.09. The molecule has 0 N–H and O–H groups in total. The normalized spacial score (nSPS) is 26.4. The molecule has 1 aromatic rings. The number of rotatable bonds is 3. The number of nitriles is 2. The summed E-state index contributed by atoms with van der Waals surface area (Å²) in [5, 5.41) is 18.3. The number of ketones is 1. The molecule has 2 atom stereocenters. The van der Waals surface area contributed by atoms with E-state index in [9.17, 15) is 10.1 Å². The summed E-state index contributed by atoms with van der Waals surface area (Å²) < 4.78 is 0. The molecule has 0 radical (unpaired) electrons. The van der Waals surface area contributed by atoms with Gasteiger partial charge < -0.3 is 0 Å². The van der Waals surface area contributed by atoms with E-state index < -0.39 is 5.41 Å². The van der Waals surface area contributed by atoms with Gasteiger partial charge in [-0.05, 0) is 18.4 Å². The van der Waals surface area contributed by atoms with Crippen LogP contribution in [-0.4, -0.2) is 5.78 Å². The smallest absolute Gasteiger partial charge is 0.133 e. The number of Topliss-reactive ketones (excluding diaryl/α,β-unsaturated/α-hetero) is 1. The molecule has 0 saturated heterocycles. The van der Waals surface area contributed by atoms with Crippen LogP contribution in [0.2, 0.25) is 0 Å². The summed E-state index contributed by atoms with van der Waals surface area (Å²) in [7, 11) is 0. The van der Waals surface area contributed by atoms with Crippen LogP contribution in [0.3, 0.4) is 0 Å². The van der Waals surface area contributed by atoms with E-state index in [2.05, 4.69) is 12.1 Å². The first-order valence-electron chi connectivity index (χ1n) is 6.57. The first-order valence-corrected chi connectivity index (χ1v) is 6.57. The van der Waals surface area contributed by atoms with E-state index in [1.54, 1.807) is 0 Å². The third-order valence-corrected chi connectivity index (χ3v) is 4.08. The van der Waals surface area contributed by atoms with Crippen molar-refractivity contribution in [3.63, 3.8) is 0 Å². The van der Waals surface area contributed by atoms with Crippen LogP contribution < -0.4 is 0 Å². The van der Waals surface area contributed by atoms with E-state index in [1.807, 2.05) is 30.3 Å². The Morgan fingerprint density at radius 1 is 1.26 bits per heavy atom. The molecule has 0 aromatic heterocycles. The number of carbonyl (C=O) groups excluding carboxylic acids is 1. The fraction of sp³-hybridized carbons (Fsp3) is 0.438. The summed E-state index contributed by atoms with van der Waals surface area (Å²) in [6.07, 6.45) is 2.43. The first kappa shape index (κ1) is 13.3. The Balaban J connectivity index is 2.46. The van der Waals surface area contributed by atoms with Crippen LogP contribution in [0.15, 0.2) is 30.3 Å². The Labute approximate surface area is 113 Å². The van der Waals surface area contributed by atoms with Gasteiger partial charge >= 0.3 is 0 Å². The lowest BCUT2D eigenvalue weighted by Gasteiger charge is -2.40. The highest BCUT2D eigenvalue weighted by Crippen LogP contribution is 2.45. The molecule has 1 aliphatic carbocycles. The maximum absolute atomic E-state index is 11.9. The Morgan fingerprint density at radius 3 is 2.63 bits per heavy atom. The molecule has 0 aliphatic heterocycles. The Morgan fingerprint density at radius 2 is 2.00 bits per heavy atom. The van der Waals surface area contributed by atoms with E-state index in [0.29, 0.717) is 32.1 Å². The number of carbonyl (C=O) groups is 1. The van der Waals surface area contributed by atoms with Gasteiger partial charge in [-0.2, -0.15) is 10.5 Å². The Hall–Kier alpha value is -2.13. The first-order chi connectivity index (χ1) is 9.23. The lowest BCUT2D eigenvalue weighted by molar-refractivity contribution is -0.123. The van der Waals surface area contributed by atoms with E-state index in [1.165, 1.54) is 0 Å². The van der Waals surface area contributed by atoms with Crippen LogP contribution in [0.1, 0.15) is 37.7 Å². The van der Waals surface area contributed by atoms with Gasteiger partial charge in [0.25, 0.3) is 0 Å². The second kappa shape index (κ2) is 5.67. The molecule has 96 valence electrons. The molecular formula is C16H16N2O. The summed E-state index contributed by atoms with van der Waals surface area (Å²) in [5.74, 6) is 0.0224. The molecule has 0 bridgehead atoms. The van der Waals surface area contributed by atoms with Crippen LogP contribution in [-0.2, 0) is 10.2 Å². The third-order valence-electron chi connectivity index (χ3n) is 4.08. The van der Waals surface area contributed by atoms with E-state index >= 15 is 0 Å². The molecule has 0 unspecified atom stereocenters. The standard InChI is InChI=1S/C16H16N2O/c17-10-4-9-16(13-5-2-1-3-6-13)11-15(19)8-7-14(16)12-18/h1-3,5-6,14H,4,7-9,11H2/t14-,16-/m1/s1. The quantitative estimate of drug-likeness (QED) is 0.830. The molecule has 1 saturated carbocycles. The highest BCUT2D eigenvalue weighted by atomic mass is 16.1.